The molecule has 5 atom stereocenters. The van der Waals surface area contributed by atoms with Gasteiger partial charge < -0.3 is 28.4 Å². The molecule has 0 aliphatic carbocycles. The Morgan fingerprint density at radius 3 is 2.38 bits per heavy atom. The van der Waals surface area contributed by atoms with Crippen molar-refractivity contribution in [3.05, 3.63) is 12.3 Å². The van der Waals surface area contributed by atoms with Crippen LogP contribution in [0.2, 0.25) is 0 Å². The van der Waals surface area contributed by atoms with Gasteiger partial charge in [-0.25, -0.2) is 0 Å². The van der Waals surface area contributed by atoms with E-state index in [4.69, 9.17) is 28.4 Å². The number of allylic oxidation sites excluding steroid dienone is 1. The normalized spacial score (nSPS) is 44.3. The van der Waals surface area contributed by atoms with Crippen LogP contribution in [-0.2, 0) is 28.4 Å². The molecule has 6 nitrogen and oxygen atoms in total. The fourth-order valence-corrected chi connectivity index (χ4v) is 3.00. The van der Waals surface area contributed by atoms with Gasteiger partial charge in [-0.05, 0) is 34.6 Å². The maximum Gasteiger partial charge on any atom is 0.191 e. The lowest BCUT2D eigenvalue weighted by Gasteiger charge is -2.28. The Bertz CT molecular complexity index is 418. The minimum absolute atomic E-state index is 0.198. The van der Waals surface area contributed by atoms with E-state index in [0.717, 1.165) is 0 Å². The van der Waals surface area contributed by atoms with E-state index in [0.29, 0.717) is 6.61 Å². The van der Waals surface area contributed by atoms with Gasteiger partial charge in [0, 0.05) is 0 Å². The highest BCUT2D eigenvalue weighted by Gasteiger charge is 2.59. The van der Waals surface area contributed by atoms with Gasteiger partial charge in [-0.3, -0.25) is 0 Å². The average Bonchev–Trinajstić information content (AvgIpc) is 2.96. The molecule has 0 aromatic carbocycles. The molecule has 0 aromatic heterocycles. The third-order valence-corrected chi connectivity index (χ3v) is 3.80. The fourth-order valence-electron chi connectivity index (χ4n) is 3.00. The van der Waals surface area contributed by atoms with E-state index in [1.165, 1.54) is 0 Å². The van der Waals surface area contributed by atoms with E-state index in [2.05, 4.69) is 0 Å². The highest BCUT2D eigenvalue weighted by Crippen LogP contribution is 2.41. The Balaban J connectivity index is 1.75. The number of hydrogen-bond donors (Lipinski definition) is 0. The van der Waals surface area contributed by atoms with E-state index in [-0.39, 0.29) is 24.4 Å². The first-order chi connectivity index (χ1) is 9.81. The Morgan fingerprint density at radius 2 is 1.76 bits per heavy atom. The van der Waals surface area contributed by atoms with Gasteiger partial charge in [-0.15, -0.1) is 0 Å². The lowest BCUT2D eigenvalue weighted by atomic mass is 10.1. The summed E-state index contributed by atoms with van der Waals surface area (Å²) in [7, 11) is 0. The molecule has 3 fully saturated rings. The molecule has 3 aliphatic rings. The van der Waals surface area contributed by atoms with E-state index in [1.54, 1.807) is 6.26 Å². The molecule has 21 heavy (non-hydrogen) atoms. The van der Waals surface area contributed by atoms with Crippen LogP contribution in [-0.4, -0.2) is 48.9 Å². The van der Waals surface area contributed by atoms with Crippen LogP contribution < -0.4 is 0 Å². The number of fused-ring (bicyclic) bond motifs is 1. The predicted octanol–water partition coefficient (Wildman–Crippen LogP) is 1.93. The number of ether oxygens (including phenoxy) is 6. The van der Waals surface area contributed by atoms with E-state index >= 15 is 0 Å². The minimum atomic E-state index is -0.663. The molecule has 0 amide bonds. The van der Waals surface area contributed by atoms with Gasteiger partial charge in [-0.1, -0.05) is 6.08 Å². The summed E-state index contributed by atoms with van der Waals surface area (Å²) in [6.07, 6.45) is 2.02. The second kappa shape index (κ2) is 5.21. The van der Waals surface area contributed by atoms with Crippen LogP contribution >= 0.6 is 0 Å². The van der Waals surface area contributed by atoms with Crippen LogP contribution in [0, 0.1) is 0 Å². The van der Waals surface area contributed by atoms with Gasteiger partial charge >= 0.3 is 0 Å². The van der Waals surface area contributed by atoms with Gasteiger partial charge in [0.2, 0.25) is 0 Å². The van der Waals surface area contributed by atoms with E-state index in [1.807, 2.05) is 40.7 Å². The summed E-state index contributed by atoms with van der Waals surface area (Å²) in [5.74, 6) is -1.26. The Hall–Kier alpha value is -0.660. The van der Waals surface area contributed by atoms with Crippen LogP contribution in [0.15, 0.2) is 12.3 Å². The SMILES string of the molecule is C/C=C/O[C@@H]1[C@H]([C@@H]2COC(C)(C)O2)O[C@H]2OC(C)(C)O[C@@H]21. The molecule has 0 spiro atoms. The first-order valence-corrected chi connectivity index (χ1v) is 7.41. The zero-order valence-corrected chi connectivity index (χ0v) is 13.2. The van der Waals surface area contributed by atoms with Crippen molar-refractivity contribution in [2.24, 2.45) is 0 Å². The number of rotatable bonds is 3. The van der Waals surface area contributed by atoms with Gasteiger partial charge in [0.25, 0.3) is 0 Å². The lowest BCUT2D eigenvalue weighted by molar-refractivity contribution is -0.232. The Morgan fingerprint density at radius 1 is 1.00 bits per heavy atom. The number of hydrogen-bond acceptors (Lipinski definition) is 6. The van der Waals surface area contributed by atoms with Gasteiger partial charge in [-0.2, -0.15) is 0 Å². The zero-order chi connectivity index (χ0) is 15.3. The second-order valence-corrected chi connectivity index (χ2v) is 6.51. The average molecular weight is 300 g/mol. The first kappa shape index (κ1) is 15.2. The maximum atomic E-state index is 6.00. The molecule has 3 rings (SSSR count). The molecule has 3 saturated heterocycles. The summed E-state index contributed by atoms with van der Waals surface area (Å²) < 4.78 is 35.0. The van der Waals surface area contributed by atoms with Crippen LogP contribution in [0.5, 0.6) is 0 Å². The molecule has 3 heterocycles. The summed E-state index contributed by atoms with van der Waals surface area (Å²) in [5.41, 5.74) is 0. The third-order valence-electron chi connectivity index (χ3n) is 3.80. The molecule has 0 bridgehead atoms. The molecule has 0 radical (unpaired) electrons. The van der Waals surface area contributed by atoms with Gasteiger partial charge in [0.15, 0.2) is 30.1 Å². The molecule has 6 heteroatoms. The highest BCUT2D eigenvalue weighted by molar-refractivity contribution is 4.99. The van der Waals surface area contributed by atoms with Gasteiger partial charge in [0.1, 0.15) is 12.2 Å². The van der Waals surface area contributed by atoms with Crippen LogP contribution in [0.1, 0.15) is 34.6 Å². The summed E-state index contributed by atoms with van der Waals surface area (Å²) in [5, 5.41) is 0. The molecule has 3 aliphatic heterocycles. The van der Waals surface area contributed by atoms with Crippen LogP contribution in [0.25, 0.3) is 0 Å². The van der Waals surface area contributed by atoms with Crippen molar-refractivity contribution >= 4 is 0 Å². The Kier molecular flexibility index (Phi) is 3.78. The van der Waals surface area contributed by atoms with Crippen LogP contribution in [0.3, 0.4) is 0 Å². The first-order valence-electron chi connectivity index (χ1n) is 7.41. The molecular formula is C15H24O6. The molecule has 0 unspecified atom stereocenters. The molecule has 120 valence electrons. The van der Waals surface area contributed by atoms with Crippen molar-refractivity contribution in [1.82, 2.24) is 0 Å². The summed E-state index contributed by atoms with van der Waals surface area (Å²) in [4.78, 5) is 0. The van der Waals surface area contributed by atoms with Crippen molar-refractivity contribution in [1.29, 1.82) is 0 Å². The molecule has 0 aromatic rings. The third kappa shape index (κ3) is 2.96. The smallest absolute Gasteiger partial charge is 0.191 e. The highest BCUT2D eigenvalue weighted by atomic mass is 16.8. The molecular weight excluding hydrogens is 276 g/mol. The fraction of sp³-hybridized carbons (Fsp3) is 0.867. The van der Waals surface area contributed by atoms with Crippen molar-refractivity contribution < 1.29 is 28.4 Å². The van der Waals surface area contributed by atoms with Gasteiger partial charge in [0.05, 0.1) is 12.9 Å². The second-order valence-electron chi connectivity index (χ2n) is 6.51. The van der Waals surface area contributed by atoms with E-state index in [9.17, 15) is 0 Å². The topological polar surface area (TPSA) is 55.4 Å². The summed E-state index contributed by atoms with van der Waals surface area (Å²) in [6.45, 7) is 9.89. The monoisotopic (exact) mass is 300 g/mol. The maximum absolute atomic E-state index is 6.00. The molecule has 0 saturated carbocycles. The minimum Gasteiger partial charge on any atom is -0.493 e. The van der Waals surface area contributed by atoms with Crippen molar-refractivity contribution in [3.8, 4) is 0 Å². The standard InChI is InChI=1S/C15H24O6/c1-6-7-16-11-10(9-8-17-14(2,3)19-9)18-13-12(11)20-15(4,5)21-13/h6-7,9-13H,8H2,1-5H3/b7-6+/t9-,10-,11+,12+,13-/m0/s1. The summed E-state index contributed by atoms with van der Waals surface area (Å²) >= 11 is 0. The van der Waals surface area contributed by atoms with Crippen molar-refractivity contribution in [2.75, 3.05) is 6.61 Å². The summed E-state index contributed by atoms with van der Waals surface area (Å²) in [6, 6.07) is 0. The zero-order valence-electron chi connectivity index (χ0n) is 13.2. The largest absolute Gasteiger partial charge is 0.493 e. The van der Waals surface area contributed by atoms with Crippen LogP contribution in [0.4, 0.5) is 0 Å². The Labute approximate surface area is 125 Å². The lowest BCUT2D eigenvalue weighted by Crippen LogP contribution is -2.43. The predicted molar refractivity (Wildman–Crippen MR) is 73.3 cm³/mol. The quantitative estimate of drug-likeness (QED) is 0.742. The molecule has 0 N–H and O–H groups in total. The van der Waals surface area contributed by atoms with E-state index < -0.39 is 17.9 Å². The van der Waals surface area contributed by atoms with Crippen molar-refractivity contribution in [3.63, 3.8) is 0 Å². The van der Waals surface area contributed by atoms with Crippen molar-refractivity contribution in [2.45, 2.75) is 76.9 Å².